The second-order valence-electron chi connectivity index (χ2n) is 5.09. The Kier molecular flexibility index (Phi) is 5.25. The molecule has 0 saturated heterocycles. The number of hydrogen-bond donors (Lipinski definition) is 1. The van der Waals surface area contributed by atoms with E-state index < -0.39 is 11.9 Å². The molecule has 0 amide bonds. The van der Waals surface area contributed by atoms with Crippen molar-refractivity contribution in [1.29, 1.82) is 5.26 Å². The summed E-state index contributed by atoms with van der Waals surface area (Å²) in [5.74, 6) is -1.30. The molecule has 1 aromatic heterocycles. The molecule has 0 atom stereocenters. The molecule has 25 heavy (non-hydrogen) atoms. The average Bonchev–Trinajstić information content (AvgIpc) is 2.89. The Hall–Kier alpha value is -3.53. The van der Waals surface area contributed by atoms with Crippen LogP contribution in [-0.2, 0) is 19.1 Å². The van der Waals surface area contributed by atoms with E-state index >= 15 is 0 Å². The fourth-order valence-electron chi connectivity index (χ4n) is 2.53. The average molecular weight is 339 g/mol. The minimum Gasteiger partial charge on any atom is -0.466 e. The number of nitrogens with zero attached hydrogens (tertiary/aromatic N) is 2. The zero-order chi connectivity index (χ0) is 18.6. The number of methoxy groups -OCH3 is 2. The monoisotopic (exact) mass is 339 g/mol. The molecular formula is C18H17N3O4. The molecule has 0 aliphatic heterocycles. The third kappa shape index (κ3) is 3.23. The van der Waals surface area contributed by atoms with Gasteiger partial charge in [0.05, 0.1) is 31.1 Å². The van der Waals surface area contributed by atoms with Crippen LogP contribution in [-0.4, -0.2) is 30.7 Å². The number of nitrogens with two attached hydrogens (primary N) is 1. The maximum atomic E-state index is 12.3. The van der Waals surface area contributed by atoms with Crippen molar-refractivity contribution in [3.05, 3.63) is 53.2 Å². The van der Waals surface area contributed by atoms with Crippen molar-refractivity contribution < 1.29 is 19.1 Å². The fourth-order valence-corrected chi connectivity index (χ4v) is 2.53. The Labute approximate surface area is 144 Å². The highest BCUT2D eigenvalue weighted by Gasteiger charge is 2.27. The Morgan fingerprint density at radius 1 is 1.20 bits per heavy atom. The molecule has 0 fully saturated rings. The molecule has 0 bridgehead atoms. The lowest BCUT2D eigenvalue weighted by Gasteiger charge is -2.13. The number of rotatable bonds is 4. The first kappa shape index (κ1) is 17.8. The summed E-state index contributed by atoms with van der Waals surface area (Å²) >= 11 is 0. The molecule has 7 nitrogen and oxygen atoms in total. The Morgan fingerprint density at radius 2 is 1.84 bits per heavy atom. The van der Waals surface area contributed by atoms with E-state index in [1.807, 2.05) is 12.1 Å². The van der Waals surface area contributed by atoms with E-state index in [0.717, 1.165) is 6.08 Å². The van der Waals surface area contributed by atoms with Gasteiger partial charge in [0.2, 0.25) is 0 Å². The molecule has 7 heteroatoms. The van der Waals surface area contributed by atoms with Gasteiger partial charge in [0.1, 0.15) is 11.9 Å². The zero-order valence-corrected chi connectivity index (χ0v) is 14.1. The molecule has 0 aliphatic carbocycles. The van der Waals surface area contributed by atoms with Crippen molar-refractivity contribution in [2.24, 2.45) is 0 Å². The smallest absolute Gasteiger partial charge is 0.340 e. The highest BCUT2D eigenvalue weighted by molar-refractivity contribution is 6.21. The lowest BCUT2D eigenvalue weighted by molar-refractivity contribution is -0.136. The number of anilines is 1. The van der Waals surface area contributed by atoms with E-state index in [-0.39, 0.29) is 17.0 Å². The van der Waals surface area contributed by atoms with Crippen molar-refractivity contribution >= 4 is 23.3 Å². The Bertz CT molecular complexity index is 889. The maximum absolute atomic E-state index is 12.3. The summed E-state index contributed by atoms with van der Waals surface area (Å²) in [6.45, 7) is 1.65. The fraction of sp³-hybridized carbons (Fsp3) is 0.167. The summed E-state index contributed by atoms with van der Waals surface area (Å²) in [7, 11) is 2.40. The van der Waals surface area contributed by atoms with Crippen molar-refractivity contribution in [3.63, 3.8) is 0 Å². The van der Waals surface area contributed by atoms with Gasteiger partial charge < -0.3 is 15.2 Å². The van der Waals surface area contributed by atoms with Crippen LogP contribution in [0.25, 0.3) is 11.3 Å². The normalized spacial score (nSPS) is 10.9. The topological polar surface area (TPSA) is 107 Å². The van der Waals surface area contributed by atoms with E-state index in [9.17, 15) is 14.9 Å². The number of esters is 2. The molecule has 0 radical (unpaired) electrons. The first-order valence-corrected chi connectivity index (χ1v) is 7.30. The number of carbonyl (C=O) groups excluding carboxylic acids is 2. The van der Waals surface area contributed by atoms with Gasteiger partial charge in [-0.25, -0.2) is 9.59 Å². The second kappa shape index (κ2) is 7.36. The molecule has 0 spiro atoms. The minimum atomic E-state index is -0.743. The number of hydrogen-bond acceptors (Lipinski definition) is 6. The van der Waals surface area contributed by atoms with E-state index in [4.69, 9.17) is 10.5 Å². The first-order valence-electron chi connectivity index (χ1n) is 7.30. The lowest BCUT2D eigenvalue weighted by atomic mass is 10.1. The minimum absolute atomic E-state index is 0.0519. The van der Waals surface area contributed by atoms with Crippen LogP contribution in [0.4, 0.5) is 5.82 Å². The summed E-state index contributed by atoms with van der Waals surface area (Å²) in [5, 5.41) is 9.42. The molecule has 0 saturated carbocycles. The largest absolute Gasteiger partial charge is 0.466 e. The third-order valence-corrected chi connectivity index (χ3v) is 3.70. The molecule has 2 rings (SSSR count). The van der Waals surface area contributed by atoms with Gasteiger partial charge in [0, 0.05) is 11.8 Å². The van der Waals surface area contributed by atoms with Crippen LogP contribution in [0.15, 0.2) is 36.4 Å². The summed E-state index contributed by atoms with van der Waals surface area (Å²) in [4.78, 5) is 24.0. The number of ether oxygens (including phenoxy) is 2. The SMILES string of the molecule is COC(=O)/C=C(\C(=O)OC)c1c(C)c(C#N)c(N)n1-c1ccccc1. The third-order valence-electron chi connectivity index (χ3n) is 3.70. The molecule has 1 heterocycles. The van der Waals surface area contributed by atoms with Crippen molar-refractivity contribution in [1.82, 2.24) is 4.57 Å². The Balaban J connectivity index is 2.87. The highest BCUT2D eigenvalue weighted by atomic mass is 16.5. The second-order valence-corrected chi connectivity index (χ2v) is 5.09. The summed E-state index contributed by atoms with van der Waals surface area (Å²) < 4.78 is 10.9. The summed E-state index contributed by atoms with van der Waals surface area (Å²) in [5.41, 5.74) is 7.71. The van der Waals surface area contributed by atoms with Gasteiger partial charge in [-0.1, -0.05) is 18.2 Å². The molecule has 1 aromatic carbocycles. The highest BCUT2D eigenvalue weighted by Crippen LogP contribution is 2.33. The van der Waals surface area contributed by atoms with Crippen molar-refractivity contribution in [2.45, 2.75) is 6.92 Å². The van der Waals surface area contributed by atoms with E-state index in [0.29, 0.717) is 16.9 Å². The van der Waals surface area contributed by atoms with Crippen LogP contribution in [0.3, 0.4) is 0 Å². The van der Waals surface area contributed by atoms with E-state index in [2.05, 4.69) is 4.74 Å². The van der Waals surface area contributed by atoms with Crippen LogP contribution in [0.2, 0.25) is 0 Å². The predicted octanol–water partition coefficient (Wildman–Crippen LogP) is 1.97. The molecule has 0 unspecified atom stereocenters. The van der Waals surface area contributed by atoms with Crippen LogP contribution in [0, 0.1) is 18.3 Å². The molecular weight excluding hydrogens is 322 g/mol. The Morgan fingerprint density at radius 3 is 2.36 bits per heavy atom. The molecule has 0 aliphatic rings. The van der Waals surface area contributed by atoms with Gasteiger partial charge in [-0.05, 0) is 24.6 Å². The van der Waals surface area contributed by atoms with Crippen molar-refractivity contribution in [3.8, 4) is 11.8 Å². The quantitative estimate of drug-likeness (QED) is 0.674. The molecule has 2 aromatic rings. The van der Waals surface area contributed by atoms with Crippen LogP contribution >= 0.6 is 0 Å². The maximum Gasteiger partial charge on any atom is 0.340 e. The zero-order valence-electron chi connectivity index (χ0n) is 14.1. The number of para-hydroxylation sites is 1. The number of nitrogen functional groups attached to an aromatic ring is 1. The van der Waals surface area contributed by atoms with Crippen LogP contribution in [0.1, 0.15) is 16.8 Å². The van der Waals surface area contributed by atoms with Gasteiger partial charge in [-0.2, -0.15) is 5.26 Å². The number of aromatic nitrogens is 1. The first-order chi connectivity index (χ1) is 12.0. The van der Waals surface area contributed by atoms with Crippen LogP contribution < -0.4 is 5.73 Å². The van der Waals surface area contributed by atoms with Gasteiger partial charge >= 0.3 is 11.9 Å². The number of benzene rings is 1. The van der Waals surface area contributed by atoms with Gasteiger partial charge in [-0.15, -0.1) is 0 Å². The summed E-state index contributed by atoms with van der Waals surface area (Å²) in [6.07, 6.45) is 1.02. The van der Waals surface area contributed by atoms with Gasteiger partial charge in [-0.3, -0.25) is 4.57 Å². The molecule has 2 N–H and O–H groups in total. The lowest BCUT2D eigenvalue weighted by Crippen LogP contribution is -2.13. The number of nitriles is 1. The van der Waals surface area contributed by atoms with Crippen LogP contribution in [0.5, 0.6) is 0 Å². The van der Waals surface area contributed by atoms with E-state index in [1.54, 1.807) is 35.8 Å². The van der Waals surface area contributed by atoms with Crippen molar-refractivity contribution in [2.75, 3.05) is 20.0 Å². The van der Waals surface area contributed by atoms with Gasteiger partial charge in [0.15, 0.2) is 0 Å². The van der Waals surface area contributed by atoms with E-state index in [1.165, 1.54) is 14.2 Å². The van der Waals surface area contributed by atoms with Gasteiger partial charge in [0.25, 0.3) is 0 Å². The summed E-state index contributed by atoms with van der Waals surface area (Å²) in [6, 6.07) is 11.0. The number of carbonyl (C=O) groups is 2. The molecule has 128 valence electrons. The standard InChI is InChI=1S/C18H17N3O4/c1-11-14(10-19)17(20)21(12-7-5-4-6-8-12)16(11)13(18(23)25-3)9-15(22)24-2/h4-9H,20H2,1-3H3/b13-9-. The predicted molar refractivity (Wildman–Crippen MR) is 91.6 cm³/mol.